The monoisotopic (exact) mass is 532 g/mol. The Morgan fingerprint density at radius 3 is 2.11 bits per heavy atom. The Balaban J connectivity index is 1.35. The smallest absolute Gasteiger partial charge is 0.260 e. The third kappa shape index (κ3) is 5.68. The number of ether oxygens (including phenoxy) is 4. The van der Waals surface area contributed by atoms with Crippen molar-refractivity contribution in [2.45, 2.75) is 0 Å². The van der Waals surface area contributed by atoms with Gasteiger partial charge in [0, 0.05) is 36.8 Å². The Bertz CT molecular complexity index is 1190. The van der Waals surface area contributed by atoms with Crippen molar-refractivity contribution in [3.8, 4) is 34.3 Å². The minimum absolute atomic E-state index is 0.0926. The van der Waals surface area contributed by atoms with Crippen molar-refractivity contribution >= 4 is 34.9 Å². The van der Waals surface area contributed by atoms with E-state index in [1.54, 1.807) is 44.4 Å². The first-order valence-corrected chi connectivity index (χ1v) is 11.9. The van der Waals surface area contributed by atoms with Crippen LogP contribution >= 0.6 is 23.2 Å². The van der Waals surface area contributed by atoms with Crippen LogP contribution < -0.4 is 23.8 Å². The van der Waals surface area contributed by atoms with Gasteiger partial charge in [0.25, 0.3) is 5.91 Å². The van der Waals surface area contributed by atoms with Gasteiger partial charge in [0.05, 0.1) is 32.0 Å². The van der Waals surface area contributed by atoms with E-state index in [4.69, 9.17) is 42.1 Å². The first-order valence-electron chi connectivity index (χ1n) is 11.2. The molecule has 11 heteroatoms. The zero-order valence-electron chi connectivity index (χ0n) is 20.2. The van der Waals surface area contributed by atoms with Gasteiger partial charge in [-0.15, -0.1) is 10.2 Å². The summed E-state index contributed by atoms with van der Waals surface area (Å²) in [5.41, 5.74) is 1.46. The number of carbonyl (C=O) groups is 1. The third-order valence-electron chi connectivity index (χ3n) is 5.81. The molecule has 1 aliphatic rings. The van der Waals surface area contributed by atoms with E-state index >= 15 is 0 Å². The molecule has 36 heavy (non-hydrogen) atoms. The number of halogens is 2. The molecule has 0 radical (unpaired) electrons. The quantitative estimate of drug-likeness (QED) is 0.426. The van der Waals surface area contributed by atoms with Crippen LogP contribution in [0.25, 0.3) is 11.3 Å². The molecule has 0 bridgehead atoms. The van der Waals surface area contributed by atoms with E-state index in [1.807, 2.05) is 24.3 Å². The molecule has 1 saturated heterocycles. The number of methoxy groups -OCH3 is 3. The van der Waals surface area contributed by atoms with E-state index in [0.717, 1.165) is 11.4 Å². The van der Waals surface area contributed by atoms with Gasteiger partial charge >= 0.3 is 0 Å². The summed E-state index contributed by atoms with van der Waals surface area (Å²) in [7, 11) is 4.70. The normalized spacial score (nSPS) is 13.4. The van der Waals surface area contributed by atoms with Crippen molar-refractivity contribution in [3.05, 3.63) is 52.5 Å². The molecule has 1 aromatic heterocycles. The number of hydrogen-bond acceptors (Lipinski definition) is 8. The van der Waals surface area contributed by atoms with Gasteiger partial charge in [-0.1, -0.05) is 23.2 Å². The fourth-order valence-corrected chi connectivity index (χ4v) is 4.35. The molecule has 0 saturated carbocycles. The number of piperazine rings is 1. The van der Waals surface area contributed by atoms with Crippen LogP contribution in [0, 0.1) is 0 Å². The number of anilines is 1. The van der Waals surface area contributed by atoms with Crippen LogP contribution in [0.2, 0.25) is 10.0 Å². The predicted octanol–water partition coefficient (Wildman–Crippen LogP) is 4.20. The summed E-state index contributed by atoms with van der Waals surface area (Å²) in [6.45, 7) is 2.27. The van der Waals surface area contributed by atoms with E-state index in [-0.39, 0.29) is 12.5 Å². The Morgan fingerprint density at radius 2 is 1.56 bits per heavy atom. The minimum atomic E-state index is -0.107. The highest BCUT2D eigenvalue weighted by molar-refractivity contribution is 6.35. The molecule has 2 aromatic carbocycles. The summed E-state index contributed by atoms with van der Waals surface area (Å²) in [6, 6.07) is 12.4. The number of aromatic nitrogens is 2. The second-order valence-electron chi connectivity index (χ2n) is 7.92. The van der Waals surface area contributed by atoms with E-state index in [1.165, 1.54) is 0 Å². The van der Waals surface area contributed by atoms with Gasteiger partial charge in [-0.25, -0.2) is 0 Å². The molecule has 4 rings (SSSR count). The zero-order valence-corrected chi connectivity index (χ0v) is 21.7. The molecular weight excluding hydrogens is 507 g/mol. The lowest BCUT2D eigenvalue weighted by Crippen LogP contribution is -2.50. The molecule has 1 aliphatic heterocycles. The lowest BCUT2D eigenvalue weighted by Gasteiger charge is -2.35. The van der Waals surface area contributed by atoms with Crippen molar-refractivity contribution < 1.29 is 23.7 Å². The van der Waals surface area contributed by atoms with Gasteiger partial charge in [0.15, 0.2) is 23.9 Å². The summed E-state index contributed by atoms with van der Waals surface area (Å²) in [6.07, 6.45) is 0. The molecule has 1 fully saturated rings. The summed E-state index contributed by atoms with van der Waals surface area (Å²) in [4.78, 5) is 16.5. The maximum absolute atomic E-state index is 12.6. The van der Waals surface area contributed by atoms with Crippen LogP contribution in [0.3, 0.4) is 0 Å². The lowest BCUT2D eigenvalue weighted by atomic mass is 10.1. The predicted molar refractivity (Wildman–Crippen MR) is 138 cm³/mol. The number of amides is 1. The van der Waals surface area contributed by atoms with E-state index in [0.29, 0.717) is 64.9 Å². The van der Waals surface area contributed by atoms with Gasteiger partial charge in [0.2, 0.25) is 5.75 Å². The van der Waals surface area contributed by atoms with Crippen LogP contribution in [0.4, 0.5) is 5.82 Å². The van der Waals surface area contributed by atoms with Gasteiger partial charge in [-0.2, -0.15) is 0 Å². The highest BCUT2D eigenvalue weighted by Crippen LogP contribution is 2.40. The molecule has 3 aromatic rings. The number of carbonyl (C=O) groups excluding carboxylic acids is 1. The van der Waals surface area contributed by atoms with Gasteiger partial charge < -0.3 is 28.7 Å². The number of rotatable bonds is 8. The molecule has 0 spiro atoms. The first kappa shape index (κ1) is 25.7. The fraction of sp³-hybridized carbons (Fsp3) is 0.320. The van der Waals surface area contributed by atoms with Crippen molar-refractivity contribution in [2.75, 3.05) is 59.0 Å². The minimum Gasteiger partial charge on any atom is -0.493 e. The Kier molecular flexibility index (Phi) is 8.22. The third-order valence-corrected chi connectivity index (χ3v) is 6.34. The molecule has 1 amide bonds. The Morgan fingerprint density at radius 1 is 0.861 bits per heavy atom. The number of nitrogens with zero attached hydrogens (tertiary/aromatic N) is 4. The van der Waals surface area contributed by atoms with Crippen molar-refractivity contribution in [3.63, 3.8) is 0 Å². The highest BCUT2D eigenvalue weighted by atomic mass is 35.5. The molecule has 0 atom stereocenters. The SMILES string of the molecule is COc1cc(-c2ccc(N3CCN(C(=O)COc4ccc(Cl)cc4Cl)CC3)nn2)cc(OC)c1OC. The number of benzene rings is 2. The standard InChI is InChI=1S/C25H26Cl2N4O5/c1-33-21-12-16(13-22(34-2)25(21)35-3)19-5-7-23(29-28-19)30-8-10-31(11-9-30)24(32)15-36-20-6-4-17(26)14-18(20)27/h4-7,12-14H,8-11,15H2,1-3H3. The van der Waals surface area contributed by atoms with Gasteiger partial charge in [-0.05, 0) is 42.5 Å². The molecule has 190 valence electrons. The molecular formula is C25H26Cl2N4O5. The number of hydrogen-bond donors (Lipinski definition) is 0. The molecule has 0 N–H and O–H groups in total. The Hall–Kier alpha value is -3.43. The topological polar surface area (TPSA) is 86.3 Å². The van der Waals surface area contributed by atoms with Crippen molar-refractivity contribution in [1.29, 1.82) is 0 Å². The average Bonchev–Trinajstić information content (AvgIpc) is 2.91. The van der Waals surface area contributed by atoms with E-state index in [9.17, 15) is 4.79 Å². The highest BCUT2D eigenvalue weighted by Gasteiger charge is 2.23. The van der Waals surface area contributed by atoms with Gasteiger partial charge in [-0.3, -0.25) is 4.79 Å². The summed E-state index contributed by atoms with van der Waals surface area (Å²) in [5, 5.41) is 9.68. The van der Waals surface area contributed by atoms with Gasteiger partial charge in [0.1, 0.15) is 5.75 Å². The molecule has 2 heterocycles. The van der Waals surface area contributed by atoms with Crippen LogP contribution in [-0.4, -0.2) is 75.1 Å². The maximum atomic E-state index is 12.6. The maximum Gasteiger partial charge on any atom is 0.260 e. The summed E-state index contributed by atoms with van der Waals surface area (Å²) >= 11 is 12.0. The molecule has 0 aliphatic carbocycles. The van der Waals surface area contributed by atoms with Crippen LogP contribution in [-0.2, 0) is 4.79 Å². The molecule has 9 nitrogen and oxygen atoms in total. The summed E-state index contributed by atoms with van der Waals surface area (Å²) in [5.74, 6) is 2.66. The van der Waals surface area contributed by atoms with E-state index < -0.39 is 0 Å². The second-order valence-corrected chi connectivity index (χ2v) is 8.77. The van der Waals surface area contributed by atoms with Crippen molar-refractivity contribution in [1.82, 2.24) is 15.1 Å². The van der Waals surface area contributed by atoms with Crippen LogP contribution in [0.1, 0.15) is 0 Å². The molecule has 0 unspecified atom stereocenters. The fourth-order valence-electron chi connectivity index (χ4n) is 3.88. The lowest BCUT2D eigenvalue weighted by molar-refractivity contribution is -0.133. The largest absolute Gasteiger partial charge is 0.493 e. The second kappa shape index (κ2) is 11.5. The van der Waals surface area contributed by atoms with Crippen molar-refractivity contribution in [2.24, 2.45) is 0 Å². The Labute approximate surface area is 219 Å². The zero-order chi connectivity index (χ0) is 25.7. The first-order chi connectivity index (χ1) is 17.4. The average molecular weight is 533 g/mol. The van der Waals surface area contributed by atoms with E-state index in [2.05, 4.69) is 15.1 Å². The van der Waals surface area contributed by atoms with Crippen LogP contribution in [0.15, 0.2) is 42.5 Å². The summed E-state index contributed by atoms with van der Waals surface area (Å²) < 4.78 is 21.8. The van der Waals surface area contributed by atoms with Crippen LogP contribution in [0.5, 0.6) is 23.0 Å².